The van der Waals surface area contributed by atoms with E-state index in [-0.39, 0.29) is 36.7 Å². The summed E-state index contributed by atoms with van der Waals surface area (Å²) in [6, 6.07) is 4.46. The molecule has 0 saturated heterocycles. The number of hydrogen-bond donors (Lipinski definition) is 3. The van der Waals surface area contributed by atoms with Crippen LogP contribution in [0.3, 0.4) is 0 Å². The predicted octanol–water partition coefficient (Wildman–Crippen LogP) is -0.812. The first kappa shape index (κ1) is 18.3. The smallest absolute Gasteiger partial charge is 0.337 e. The number of anilines is 1. The van der Waals surface area contributed by atoms with Crippen LogP contribution in [-0.4, -0.2) is 74.2 Å². The van der Waals surface area contributed by atoms with Crippen molar-refractivity contribution in [3.8, 4) is 11.4 Å². The summed E-state index contributed by atoms with van der Waals surface area (Å²) >= 11 is 0. The van der Waals surface area contributed by atoms with Crippen LogP contribution in [0.2, 0.25) is 0 Å². The number of tetrazole rings is 1. The van der Waals surface area contributed by atoms with Gasteiger partial charge in [0.05, 0.1) is 31.5 Å². The summed E-state index contributed by atoms with van der Waals surface area (Å²) in [5.41, 5.74) is 0.901. The van der Waals surface area contributed by atoms with Gasteiger partial charge in [-0.2, -0.15) is 0 Å². The van der Waals surface area contributed by atoms with Crippen molar-refractivity contribution in [3.05, 3.63) is 35.8 Å². The third-order valence-corrected chi connectivity index (χ3v) is 3.83. The van der Waals surface area contributed by atoms with Gasteiger partial charge in [0.25, 0.3) is 5.91 Å². The lowest BCUT2D eigenvalue weighted by molar-refractivity contribution is -0.137. The number of amides is 1. The average Bonchev–Trinajstić information content (AvgIpc) is 3.32. The maximum Gasteiger partial charge on any atom is 0.337 e. The number of esters is 1. The van der Waals surface area contributed by atoms with Gasteiger partial charge in [-0.05, 0) is 16.5 Å². The molecular formula is C15H16N6O6. The van der Waals surface area contributed by atoms with Crippen molar-refractivity contribution in [2.75, 3.05) is 32.1 Å². The molecule has 27 heavy (non-hydrogen) atoms. The molecule has 2 heterocycles. The Morgan fingerprint density at radius 3 is 2.81 bits per heavy atom. The molecule has 0 saturated carbocycles. The summed E-state index contributed by atoms with van der Waals surface area (Å²) in [6.45, 7) is -0.171. The predicted molar refractivity (Wildman–Crippen MR) is 88.7 cm³/mol. The molecule has 0 atom stereocenters. The first-order valence-electron chi connectivity index (χ1n) is 7.76. The summed E-state index contributed by atoms with van der Waals surface area (Å²) < 4.78 is 6.05. The molecule has 1 aromatic heterocycles. The number of methoxy groups -OCH3 is 1. The number of aliphatic hydroxyl groups is 1. The fourth-order valence-corrected chi connectivity index (χ4v) is 2.61. The summed E-state index contributed by atoms with van der Waals surface area (Å²) in [6.07, 6.45) is 1.34. The van der Waals surface area contributed by atoms with E-state index in [4.69, 9.17) is 15.1 Å². The molecule has 0 fully saturated rings. The second-order valence-corrected chi connectivity index (χ2v) is 5.48. The lowest BCUT2D eigenvalue weighted by Gasteiger charge is -2.15. The van der Waals surface area contributed by atoms with Gasteiger partial charge < -0.3 is 24.9 Å². The molecule has 3 rings (SSSR count). The highest BCUT2D eigenvalue weighted by Gasteiger charge is 2.34. The van der Waals surface area contributed by atoms with Crippen LogP contribution in [0.4, 0.5) is 5.69 Å². The number of aliphatic hydroxyl groups excluding tert-OH is 1. The molecule has 0 spiro atoms. The lowest BCUT2D eigenvalue weighted by atomic mass is 10.2. The quantitative estimate of drug-likeness (QED) is 0.318. The van der Waals surface area contributed by atoms with Crippen LogP contribution in [0.25, 0.3) is 5.69 Å². The van der Waals surface area contributed by atoms with E-state index in [1.165, 1.54) is 35.2 Å². The Morgan fingerprint density at radius 1 is 1.37 bits per heavy atom. The van der Waals surface area contributed by atoms with Crippen molar-refractivity contribution in [2.24, 2.45) is 0 Å². The number of ether oxygens (including phenoxy) is 1. The van der Waals surface area contributed by atoms with Gasteiger partial charge in [0.2, 0.25) is 0 Å². The molecule has 1 aromatic carbocycles. The van der Waals surface area contributed by atoms with E-state index in [9.17, 15) is 9.59 Å². The van der Waals surface area contributed by atoms with Crippen LogP contribution in [0.15, 0.2) is 35.8 Å². The monoisotopic (exact) mass is 376 g/mol. The minimum absolute atomic E-state index is 0.00441. The topological polar surface area (TPSA) is 152 Å². The summed E-state index contributed by atoms with van der Waals surface area (Å²) in [5.74, 6) is -1.08. The van der Waals surface area contributed by atoms with Crippen LogP contribution in [0, 0.1) is 0 Å². The third-order valence-electron chi connectivity index (χ3n) is 3.83. The number of nitrogens with zero attached hydrogens (tertiary/aromatic N) is 5. The summed E-state index contributed by atoms with van der Waals surface area (Å²) in [7, 11) is 1.21. The van der Waals surface area contributed by atoms with Gasteiger partial charge >= 0.3 is 5.97 Å². The zero-order valence-corrected chi connectivity index (χ0v) is 14.2. The van der Waals surface area contributed by atoms with Crippen LogP contribution in [0.1, 0.15) is 0 Å². The van der Waals surface area contributed by atoms with Gasteiger partial charge in [0, 0.05) is 24.4 Å². The first-order chi connectivity index (χ1) is 13.1. The fraction of sp³-hybridized carbons (Fsp3) is 0.267. The molecule has 0 radical (unpaired) electrons. The Hall–Kier alpha value is -3.51. The number of benzene rings is 1. The van der Waals surface area contributed by atoms with Crippen LogP contribution >= 0.6 is 0 Å². The Bertz CT molecular complexity index is 881. The molecule has 0 aliphatic carbocycles. The molecule has 3 N–H and O–H groups in total. The van der Waals surface area contributed by atoms with Gasteiger partial charge in [-0.15, -0.1) is 5.10 Å². The lowest BCUT2D eigenvalue weighted by Crippen LogP contribution is -2.31. The number of aromatic nitrogens is 4. The van der Waals surface area contributed by atoms with E-state index < -0.39 is 11.9 Å². The standard InChI is InChI=1S/C15H16N6O6/c1-26-15(24)12-7-20(2-3-22)14(23)13(12)17-9-4-10(6-11(5-9)27-25)21-8-16-18-19-21/h4-6,8,17,22,25H,2-3,7H2,1H3. The largest absolute Gasteiger partial charge is 0.466 e. The van der Waals surface area contributed by atoms with Gasteiger partial charge in [-0.1, -0.05) is 0 Å². The SMILES string of the molecule is COC(=O)C1=C(Nc2cc(OO)cc(-n3cnnn3)c2)C(=O)N(CCO)C1. The normalized spacial score (nSPS) is 13.9. The van der Waals surface area contributed by atoms with Gasteiger partial charge in [0.15, 0.2) is 5.75 Å². The Morgan fingerprint density at radius 2 is 2.19 bits per heavy atom. The number of nitrogens with one attached hydrogen (secondary N) is 1. The molecule has 12 heteroatoms. The molecule has 142 valence electrons. The van der Waals surface area contributed by atoms with E-state index in [1.807, 2.05) is 0 Å². The zero-order valence-electron chi connectivity index (χ0n) is 14.2. The molecular weight excluding hydrogens is 360 g/mol. The fourth-order valence-electron chi connectivity index (χ4n) is 2.61. The maximum atomic E-state index is 12.6. The second kappa shape index (κ2) is 7.80. The third kappa shape index (κ3) is 3.70. The Labute approximate surface area is 152 Å². The second-order valence-electron chi connectivity index (χ2n) is 5.48. The average molecular weight is 376 g/mol. The molecule has 1 amide bonds. The van der Waals surface area contributed by atoms with Gasteiger partial charge in [0.1, 0.15) is 12.0 Å². The highest BCUT2D eigenvalue weighted by molar-refractivity contribution is 6.08. The first-order valence-corrected chi connectivity index (χ1v) is 7.76. The van der Waals surface area contributed by atoms with E-state index >= 15 is 0 Å². The zero-order chi connectivity index (χ0) is 19.4. The number of hydrogen-bond acceptors (Lipinski definition) is 10. The van der Waals surface area contributed by atoms with Crippen molar-refractivity contribution >= 4 is 17.6 Å². The van der Waals surface area contributed by atoms with Crippen molar-refractivity contribution in [1.82, 2.24) is 25.1 Å². The molecule has 1 aliphatic heterocycles. The van der Waals surface area contributed by atoms with Gasteiger partial charge in [-0.25, -0.2) is 14.7 Å². The Kier molecular flexibility index (Phi) is 5.28. The molecule has 0 unspecified atom stereocenters. The molecule has 12 nitrogen and oxygen atoms in total. The van der Waals surface area contributed by atoms with E-state index in [0.717, 1.165) is 0 Å². The van der Waals surface area contributed by atoms with E-state index in [2.05, 4.69) is 25.7 Å². The van der Waals surface area contributed by atoms with Crippen molar-refractivity contribution < 1.29 is 29.6 Å². The van der Waals surface area contributed by atoms with Crippen LogP contribution in [0.5, 0.6) is 5.75 Å². The van der Waals surface area contributed by atoms with E-state index in [1.54, 1.807) is 6.07 Å². The van der Waals surface area contributed by atoms with Crippen LogP contribution in [-0.2, 0) is 14.3 Å². The van der Waals surface area contributed by atoms with Crippen molar-refractivity contribution in [3.63, 3.8) is 0 Å². The maximum absolute atomic E-state index is 12.6. The Balaban J connectivity index is 1.97. The number of β-amino-alcohol motifs (C(OH)–C–C–N with tert-alkyl or cyclic N) is 1. The van der Waals surface area contributed by atoms with Crippen molar-refractivity contribution in [1.29, 1.82) is 0 Å². The summed E-state index contributed by atoms with van der Waals surface area (Å²) in [5, 5.41) is 31.8. The molecule has 2 aromatic rings. The number of rotatable bonds is 7. The minimum Gasteiger partial charge on any atom is -0.466 e. The highest BCUT2D eigenvalue weighted by Crippen LogP contribution is 2.27. The minimum atomic E-state index is -0.665. The summed E-state index contributed by atoms with van der Waals surface area (Å²) in [4.78, 5) is 30.2. The molecule has 0 bridgehead atoms. The van der Waals surface area contributed by atoms with Gasteiger partial charge in [-0.3, -0.25) is 4.79 Å². The number of carbonyl (C=O) groups excluding carboxylic acids is 2. The van der Waals surface area contributed by atoms with Crippen LogP contribution < -0.4 is 10.2 Å². The number of carbonyl (C=O) groups is 2. The molecule has 1 aliphatic rings. The van der Waals surface area contributed by atoms with E-state index in [0.29, 0.717) is 11.4 Å². The van der Waals surface area contributed by atoms with Crippen molar-refractivity contribution in [2.45, 2.75) is 0 Å². The highest BCUT2D eigenvalue weighted by atomic mass is 17.1.